The van der Waals surface area contributed by atoms with E-state index >= 15 is 0 Å². The van der Waals surface area contributed by atoms with E-state index in [2.05, 4.69) is 0 Å². The number of benzene rings is 1. The van der Waals surface area contributed by atoms with Crippen molar-refractivity contribution in [2.75, 3.05) is 5.75 Å². The van der Waals surface area contributed by atoms with Crippen molar-refractivity contribution < 1.29 is 4.79 Å². The first-order valence-corrected chi connectivity index (χ1v) is 6.05. The molecule has 0 radical (unpaired) electrons. The summed E-state index contributed by atoms with van der Waals surface area (Å²) in [6.07, 6.45) is 0. The van der Waals surface area contributed by atoms with Crippen LogP contribution in [0.2, 0.25) is 0 Å². The second-order valence-electron chi connectivity index (χ2n) is 2.14. The lowest BCUT2D eigenvalue weighted by molar-refractivity contribution is 0.109. The number of rotatable bonds is 3. The Balaban J connectivity index is 2.54. The Bertz CT molecular complexity index is 246. The van der Waals surface area contributed by atoms with Gasteiger partial charge in [-0.05, 0) is 10.8 Å². The Morgan fingerprint density at radius 3 is 2.58 bits per heavy atom. The minimum atomic E-state index is 0.141. The van der Waals surface area contributed by atoms with E-state index in [-0.39, 0.29) is 5.12 Å². The zero-order valence-corrected chi connectivity index (χ0v) is 8.45. The highest BCUT2D eigenvalue weighted by molar-refractivity contribution is 8.82. The van der Waals surface area contributed by atoms with E-state index in [1.165, 1.54) is 10.8 Å². The molecule has 0 aliphatic rings. The summed E-state index contributed by atoms with van der Waals surface area (Å²) in [7, 11) is 2.89. The first-order valence-electron chi connectivity index (χ1n) is 3.73. The molecule has 0 aliphatic heterocycles. The normalized spacial score (nSPS) is 9.75. The molecular weight excluding hydrogens is 188 g/mol. The third kappa shape index (κ3) is 2.91. The van der Waals surface area contributed by atoms with Crippen LogP contribution in [0, 0.1) is 0 Å². The Morgan fingerprint density at radius 1 is 1.33 bits per heavy atom. The Kier molecular flexibility index (Phi) is 4.25. The topological polar surface area (TPSA) is 17.1 Å². The number of carbonyl (C=O) groups excluding carboxylic acids is 1. The lowest BCUT2D eigenvalue weighted by atomic mass is 10.2. The van der Waals surface area contributed by atoms with Gasteiger partial charge in [0.05, 0.1) is 0 Å². The minimum Gasteiger partial charge on any atom is -0.281 e. The molecule has 0 aliphatic carbocycles. The molecule has 1 aromatic rings. The highest BCUT2D eigenvalue weighted by Crippen LogP contribution is 2.24. The molecule has 0 N–H and O–H groups in total. The molecule has 1 nitrogen and oxygen atoms in total. The third-order valence-corrected chi connectivity index (χ3v) is 3.52. The highest BCUT2D eigenvalue weighted by atomic mass is 33.1. The number of hydrogen-bond donors (Lipinski definition) is 0. The van der Waals surface area contributed by atoms with Gasteiger partial charge in [-0.1, -0.05) is 48.0 Å². The smallest absolute Gasteiger partial charge is 0.229 e. The van der Waals surface area contributed by atoms with Crippen molar-refractivity contribution in [1.82, 2.24) is 0 Å². The van der Waals surface area contributed by atoms with Gasteiger partial charge in [0.2, 0.25) is 5.12 Å². The highest BCUT2D eigenvalue weighted by Gasteiger charge is 2.04. The fraction of sp³-hybridized carbons (Fsp3) is 0.222. The molecule has 0 fully saturated rings. The Labute approximate surface area is 80.3 Å². The summed E-state index contributed by atoms with van der Waals surface area (Å²) < 4.78 is 0. The molecule has 3 heteroatoms. The lowest BCUT2D eigenvalue weighted by Gasteiger charge is -1.96. The predicted octanol–water partition coefficient (Wildman–Crippen LogP) is 3.23. The molecular formula is C9H10OS2. The Morgan fingerprint density at radius 2 is 2.00 bits per heavy atom. The molecule has 0 aromatic heterocycles. The maximum Gasteiger partial charge on any atom is 0.229 e. The van der Waals surface area contributed by atoms with Crippen molar-refractivity contribution in [3.63, 3.8) is 0 Å². The maximum absolute atomic E-state index is 11.3. The van der Waals surface area contributed by atoms with Crippen LogP contribution in [0.15, 0.2) is 30.3 Å². The number of carbonyl (C=O) groups is 1. The van der Waals surface area contributed by atoms with Crippen molar-refractivity contribution in [3.05, 3.63) is 35.9 Å². The maximum atomic E-state index is 11.3. The molecule has 0 saturated heterocycles. The van der Waals surface area contributed by atoms with Crippen LogP contribution < -0.4 is 0 Å². The van der Waals surface area contributed by atoms with Gasteiger partial charge >= 0.3 is 0 Å². The van der Waals surface area contributed by atoms with Gasteiger partial charge in [-0.25, -0.2) is 0 Å². The van der Waals surface area contributed by atoms with Crippen molar-refractivity contribution in [3.8, 4) is 0 Å². The number of hydrogen-bond acceptors (Lipinski definition) is 3. The van der Waals surface area contributed by atoms with Gasteiger partial charge in [0.25, 0.3) is 0 Å². The standard InChI is InChI=1S/C9H10OS2/c1-2-11-12-9(10)8-6-4-3-5-7-8/h3-7H,2H2,1H3. The molecule has 0 saturated carbocycles. The molecule has 12 heavy (non-hydrogen) atoms. The van der Waals surface area contributed by atoms with Gasteiger partial charge < -0.3 is 0 Å². The first kappa shape index (κ1) is 9.68. The second-order valence-corrected chi connectivity index (χ2v) is 4.70. The van der Waals surface area contributed by atoms with Gasteiger partial charge in [-0.3, -0.25) is 4.79 Å². The van der Waals surface area contributed by atoms with Crippen LogP contribution >= 0.6 is 21.6 Å². The monoisotopic (exact) mass is 198 g/mol. The van der Waals surface area contributed by atoms with Gasteiger partial charge in [0, 0.05) is 11.3 Å². The summed E-state index contributed by atoms with van der Waals surface area (Å²) in [5, 5.41) is 0.141. The SMILES string of the molecule is CCSSC(=O)c1ccccc1. The summed E-state index contributed by atoms with van der Waals surface area (Å²) in [6, 6.07) is 9.35. The lowest BCUT2D eigenvalue weighted by Crippen LogP contribution is -1.89. The van der Waals surface area contributed by atoms with E-state index in [9.17, 15) is 4.79 Å². The van der Waals surface area contributed by atoms with Crippen LogP contribution in [0.4, 0.5) is 0 Å². The summed E-state index contributed by atoms with van der Waals surface area (Å²) in [5.41, 5.74) is 0.781. The fourth-order valence-electron chi connectivity index (χ4n) is 0.735. The van der Waals surface area contributed by atoms with Crippen molar-refractivity contribution >= 4 is 26.7 Å². The zero-order chi connectivity index (χ0) is 8.81. The first-order chi connectivity index (χ1) is 5.84. The van der Waals surface area contributed by atoms with E-state index in [1.807, 2.05) is 37.3 Å². The molecule has 0 unspecified atom stereocenters. The average molecular weight is 198 g/mol. The summed E-state index contributed by atoms with van der Waals surface area (Å²) in [4.78, 5) is 11.3. The van der Waals surface area contributed by atoms with Crippen molar-refractivity contribution in [1.29, 1.82) is 0 Å². The van der Waals surface area contributed by atoms with Gasteiger partial charge in [-0.2, -0.15) is 0 Å². The summed E-state index contributed by atoms with van der Waals surface area (Å²) in [6.45, 7) is 2.04. The second kappa shape index (κ2) is 5.27. The molecule has 0 spiro atoms. The zero-order valence-electron chi connectivity index (χ0n) is 6.82. The fourth-order valence-corrected chi connectivity index (χ4v) is 2.16. The van der Waals surface area contributed by atoms with Crippen LogP contribution in [0.1, 0.15) is 17.3 Å². The van der Waals surface area contributed by atoms with Gasteiger partial charge in [0.15, 0.2) is 0 Å². The Hall–Kier alpha value is -0.410. The molecule has 64 valence electrons. The van der Waals surface area contributed by atoms with E-state index in [0.717, 1.165) is 11.3 Å². The largest absolute Gasteiger partial charge is 0.281 e. The van der Waals surface area contributed by atoms with Crippen molar-refractivity contribution in [2.45, 2.75) is 6.92 Å². The van der Waals surface area contributed by atoms with Crippen LogP contribution in [0.5, 0.6) is 0 Å². The molecule has 0 amide bonds. The van der Waals surface area contributed by atoms with E-state index in [4.69, 9.17) is 0 Å². The van der Waals surface area contributed by atoms with E-state index in [0.29, 0.717) is 0 Å². The molecule has 0 heterocycles. The van der Waals surface area contributed by atoms with Crippen LogP contribution in [0.3, 0.4) is 0 Å². The molecule has 1 aromatic carbocycles. The minimum absolute atomic E-state index is 0.141. The third-order valence-electron chi connectivity index (χ3n) is 1.26. The van der Waals surface area contributed by atoms with Gasteiger partial charge in [0.1, 0.15) is 0 Å². The van der Waals surface area contributed by atoms with Crippen LogP contribution in [0.25, 0.3) is 0 Å². The summed E-state index contributed by atoms with van der Waals surface area (Å²) >= 11 is 0. The van der Waals surface area contributed by atoms with Crippen LogP contribution in [-0.2, 0) is 0 Å². The quantitative estimate of drug-likeness (QED) is 0.694. The average Bonchev–Trinajstić information content (AvgIpc) is 2.15. The van der Waals surface area contributed by atoms with Gasteiger partial charge in [-0.15, -0.1) is 0 Å². The molecule has 0 atom stereocenters. The van der Waals surface area contributed by atoms with E-state index in [1.54, 1.807) is 10.8 Å². The van der Waals surface area contributed by atoms with Crippen LogP contribution in [-0.4, -0.2) is 10.9 Å². The molecule has 0 bridgehead atoms. The van der Waals surface area contributed by atoms with E-state index < -0.39 is 0 Å². The van der Waals surface area contributed by atoms with Crippen molar-refractivity contribution in [2.24, 2.45) is 0 Å². The predicted molar refractivity (Wildman–Crippen MR) is 56.5 cm³/mol. The summed E-state index contributed by atoms with van der Waals surface area (Å²) in [5.74, 6) is 0.962. The molecule has 1 rings (SSSR count).